The zero-order valence-corrected chi connectivity index (χ0v) is 10.7. The van der Waals surface area contributed by atoms with Crippen LogP contribution in [-0.2, 0) is 6.42 Å². The molecule has 3 nitrogen and oxygen atoms in total. The van der Waals surface area contributed by atoms with Gasteiger partial charge in [-0.05, 0) is 23.4 Å². The van der Waals surface area contributed by atoms with Gasteiger partial charge in [-0.15, -0.1) is 0 Å². The Morgan fingerprint density at radius 1 is 1.28 bits per heavy atom. The van der Waals surface area contributed by atoms with E-state index in [-0.39, 0.29) is 0 Å². The molecule has 0 amide bonds. The summed E-state index contributed by atoms with van der Waals surface area (Å²) in [5.41, 5.74) is 2.22. The summed E-state index contributed by atoms with van der Waals surface area (Å²) in [6.07, 6.45) is 2.81. The lowest BCUT2D eigenvalue weighted by molar-refractivity contribution is 0.959. The second-order valence-corrected chi connectivity index (χ2v) is 4.49. The summed E-state index contributed by atoms with van der Waals surface area (Å²) in [5, 5.41) is 15.3. The van der Waals surface area contributed by atoms with Crippen molar-refractivity contribution in [3.05, 3.63) is 58.3 Å². The van der Waals surface area contributed by atoms with Crippen molar-refractivity contribution in [3.63, 3.8) is 0 Å². The van der Waals surface area contributed by atoms with Gasteiger partial charge in [0.15, 0.2) is 6.19 Å². The van der Waals surface area contributed by atoms with Gasteiger partial charge in [-0.2, -0.15) is 16.6 Å². The van der Waals surface area contributed by atoms with Crippen molar-refractivity contribution in [3.8, 4) is 6.19 Å². The lowest BCUT2D eigenvalue weighted by Gasteiger charge is -2.02. The van der Waals surface area contributed by atoms with E-state index in [1.54, 1.807) is 11.3 Å². The Labute approximate surface area is 110 Å². The van der Waals surface area contributed by atoms with Gasteiger partial charge < -0.3 is 0 Å². The second kappa shape index (κ2) is 6.58. The predicted molar refractivity (Wildman–Crippen MR) is 74.6 cm³/mol. The van der Waals surface area contributed by atoms with Crippen LogP contribution in [0.2, 0.25) is 0 Å². The van der Waals surface area contributed by atoms with Crippen molar-refractivity contribution in [2.75, 3.05) is 6.54 Å². The van der Waals surface area contributed by atoms with Crippen LogP contribution in [0.5, 0.6) is 0 Å². The number of aliphatic imine (C=N–C) groups is 1. The number of nitriles is 1. The summed E-state index contributed by atoms with van der Waals surface area (Å²) in [6, 6.07) is 12.2. The average molecular weight is 255 g/mol. The molecule has 0 unspecified atom stereocenters. The van der Waals surface area contributed by atoms with Gasteiger partial charge in [0.25, 0.3) is 0 Å². The fourth-order valence-corrected chi connectivity index (χ4v) is 2.24. The van der Waals surface area contributed by atoms with E-state index in [1.165, 1.54) is 5.56 Å². The van der Waals surface area contributed by atoms with Crippen LogP contribution < -0.4 is 5.32 Å². The molecule has 0 fully saturated rings. The van der Waals surface area contributed by atoms with Gasteiger partial charge >= 0.3 is 0 Å². The first kappa shape index (κ1) is 12.3. The fraction of sp³-hybridized carbons (Fsp3) is 0.143. The normalized spacial score (nSPS) is 10.9. The van der Waals surface area contributed by atoms with Crippen molar-refractivity contribution in [1.82, 2.24) is 5.32 Å². The molecule has 0 saturated heterocycles. The van der Waals surface area contributed by atoms with Crippen LogP contribution in [0.1, 0.15) is 11.1 Å². The van der Waals surface area contributed by atoms with Crippen LogP contribution in [-0.4, -0.2) is 12.4 Å². The molecule has 1 N–H and O–H groups in total. The average Bonchev–Trinajstić information content (AvgIpc) is 2.93. The highest BCUT2D eigenvalue weighted by molar-refractivity contribution is 7.08. The standard InChI is InChI=1S/C14H13N3S/c15-11-17-14(13-7-9-18-10-13)16-8-6-12-4-2-1-3-5-12/h1-5,7,9-10H,6,8H2,(H,16,17). The molecule has 0 atom stereocenters. The molecule has 90 valence electrons. The number of amidine groups is 1. The van der Waals surface area contributed by atoms with Gasteiger partial charge in [-0.1, -0.05) is 30.3 Å². The molecule has 0 spiro atoms. The first-order valence-electron chi connectivity index (χ1n) is 5.66. The lowest BCUT2D eigenvalue weighted by Crippen LogP contribution is -2.19. The molecule has 4 heteroatoms. The van der Waals surface area contributed by atoms with Gasteiger partial charge in [0.2, 0.25) is 0 Å². The van der Waals surface area contributed by atoms with E-state index in [9.17, 15) is 0 Å². The van der Waals surface area contributed by atoms with Crippen LogP contribution in [0.15, 0.2) is 52.2 Å². The predicted octanol–water partition coefficient (Wildman–Crippen LogP) is 2.81. The van der Waals surface area contributed by atoms with Gasteiger partial charge in [0.1, 0.15) is 5.84 Å². The molecular formula is C14H13N3S. The van der Waals surface area contributed by atoms with Gasteiger partial charge in [0.05, 0.1) is 0 Å². The maximum Gasteiger partial charge on any atom is 0.182 e. The Balaban J connectivity index is 2.00. The second-order valence-electron chi connectivity index (χ2n) is 3.71. The maximum absolute atomic E-state index is 8.71. The summed E-state index contributed by atoms with van der Waals surface area (Å²) in [5.74, 6) is 0.648. The molecule has 1 aromatic heterocycles. The van der Waals surface area contributed by atoms with Gasteiger partial charge in [-0.3, -0.25) is 10.3 Å². The van der Waals surface area contributed by atoms with E-state index >= 15 is 0 Å². The Morgan fingerprint density at radius 3 is 2.78 bits per heavy atom. The van der Waals surface area contributed by atoms with E-state index in [0.29, 0.717) is 12.4 Å². The monoisotopic (exact) mass is 255 g/mol. The maximum atomic E-state index is 8.71. The van der Waals surface area contributed by atoms with E-state index in [1.807, 2.05) is 41.2 Å². The highest BCUT2D eigenvalue weighted by atomic mass is 32.1. The third-order valence-corrected chi connectivity index (χ3v) is 3.17. The summed E-state index contributed by atoms with van der Waals surface area (Å²) in [6.45, 7) is 0.671. The van der Waals surface area contributed by atoms with Crippen LogP contribution in [0.4, 0.5) is 0 Å². The van der Waals surface area contributed by atoms with E-state index in [2.05, 4.69) is 22.4 Å². The Morgan fingerprint density at radius 2 is 2.11 bits per heavy atom. The highest BCUT2D eigenvalue weighted by Gasteiger charge is 2.02. The number of nitrogens with one attached hydrogen (secondary N) is 1. The van der Waals surface area contributed by atoms with E-state index in [0.717, 1.165) is 12.0 Å². The molecule has 1 heterocycles. The zero-order chi connectivity index (χ0) is 12.6. The largest absolute Gasteiger partial charge is 0.277 e. The number of nitrogens with zero attached hydrogens (tertiary/aromatic N) is 2. The summed E-state index contributed by atoms with van der Waals surface area (Å²) < 4.78 is 0. The van der Waals surface area contributed by atoms with Crippen LogP contribution in [0, 0.1) is 11.5 Å². The minimum atomic E-state index is 0.648. The summed E-state index contributed by atoms with van der Waals surface area (Å²) >= 11 is 1.59. The van der Waals surface area contributed by atoms with E-state index < -0.39 is 0 Å². The third-order valence-electron chi connectivity index (χ3n) is 2.48. The number of hydrogen-bond acceptors (Lipinski definition) is 3. The number of thiophene rings is 1. The third kappa shape index (κ3) is 3.44. The minimum Gasteiger partial charge on any atom is -0.277 e. The molecule has 18 heavy (non-hydrogen) atoms. The van der Waals surface area contributed by atoms with Crippen molar-refractivity contribution in [1.29, 1.82) is 5.26 Å². The van der Waals surface area contributed by atoms with Crippen molar-refractivity contribution >= 4 is 17.2 Å². The molecule has 0 aliphatic heterocycles. The highest BCUT2D eigenvalue weighted by Crippen LogP contribution is 2.07. The Kier molecular flexibility index (Phi) is 4.51. The molecule has 2 aromatic rings. The van der Waals surface area contributed by atoms with Gasteiger partial charge in [0, 0.05) is 17.5 Å². The van der Waals surface area contributed by atoms with Crippen molar-refractivity contribution in [2.24, 2.45) is 4.99 Å². The van der Waals surface area contributed by atoms with Crippen molar-refractivity contribution in [2.45, 2.75) is 6.42 Å². The van der Waals surface area contributed by atoms with Gasteiger partial charge in [-0.25, -0.2) is 0 Å². The molecule has 0 radical (unpaired) electrons. The molecule has 1 aromatic carbocycles. The molecular weight excluding hydrogens is 242 g/mol. The summed E-state index contributed by atoms with van der Waals surface area (Å²) in [7, 11) is 0. The van der Waals surface area contributed by atoms with Crippen LogP contribution >= 0.6 is 11.3 Å². The number of benzene rings is 1. The van der Waals surface area contributed by atoms with Crippen LogP contribution in [0.25, 0.3) is 0 Å². The first-order chi connectivity index (χ1) is 8.90. The minimum absolute atomic E-state index is 0.648. The van der Waals surface area contributed by atoms with Crippen LogP contribution in [0.3, 0.4) is 0 Å². The smallest absolute Gasteiger partial charge is 0.182 e. The van der Waals surface area contributed by atoms with Crippen molar-refractivity contribution < 1.29 is 0 Å². The zero-order valence-electron chi connectivity index (χ0n) is 9.84. The molecule has 0 bridgehead atoms. The summed E-state index contributed by atoms with van der Waals surface area (Å²) in [4.78, 5) is 4.44. The number of rotatable bonds is 4. The molecule has 0 aliphatic rings. The SMILES string of the molecule is N#CNC(=NCCc1ccccc1)c1ccsc1. The first-order valence-corrected chi connectivity index (χ1v) is 6.60. The Bertz CT molecular complexity index is 538. The van der Waals surface area contributed by atoms with E-state index in [4.69, 9.17) is 5.26 Å². The topological polar surface area (TPSA) is 48.2 Å². The Hall–Kier alpha value is -2.12. The lowest BCUT2D eigenvalue weighted by atomic mass is 10.1. The molecule has 2 rings (SSSR count). The number of hydrogen-bond donors (Lipinski definition) is 1. The molecule has 0 aliphatic carbocycles. The quantitative estimate of drug-likeness (QED) is 0.395. The molecule has 0 saturated carbocycles. The fourth-order valence-electron chi connectivity index (χ4n) is 1.60.